The minimum atomic E-state index is -0.683. The Morgan fingerprint density at radius 2 is 1.71 bits per heavy atom. The van der Waals surface area contributed by atoms with Crippen molar-refractivity contribution >= 4 is 22.5 Å². The van der Waals surface area contributed by atoms with Crippen LogP contribution < -0.4 is 0 Å². The van der Waals surface area contributed by atoms with E-state index in [-0.39, 0.29) is 22.9 Å². The van der Waals surface area contributed by atoms with Gasteiger partial charge in [-0.1, -0.05) is 30.3 Å². The maximum absolute atomic E-state index is 11.9. The number of amides is 1. The number of hydrogen-bond acceptors (Lipinski definition) is 4. The lowest BCUT2D eigenvalue weighted by Gasteiger charge is -1.97. The van der Waals surface area contributed by atoms with Gasteiger partial charge in [0.2, 0.25) is 5.88 Å². The van der Waals surface area contributed by atoms with E-state index in [1.54, 1.807) is 30.3 Å². The van der Waals surface area contributed by atoms with Gasteiger partial charge in [0, 0.05) is 5.39 Å². The Morgan fingerprint density at radius 3 is 2.52 bits per heavy atom. The van der Waals surface area contributed by atoms with Gasteiger partial charge < -0.3 is 15.2 Å². The summed E-state index contributed by atoms with van der Waals surface area (Å²) in [5.74, 6) is -1.01. The zero-order valence-corrected chi connectivity index (χ0v) is 10.8. The second-order valence-electron chi connectivity index (χ2n) is 4.39. The number of H-pyrrole nitrogens is 1. The smallest absolute Gasteiger partial charge is 0.299 e. The number of fused-ring (bicyclic) bond motifs is 1. The van der Waals surface area contributed by atoms with Crippen molar-refractivity contribution in [1.29, 1.82) is 0 Å². The van der Waals surface area contributed by atoms with Crippen LogP contribution in [-0.2, 0) is 0 Å². The second kappa shape index (κ2) is 5.09. The lowest BCUT2D eigenvalue weighted by molar-refractivity contribution is 0.0992. The van der Waals surface area contributed by atoms with Crippen LogP contribution in [0.1, 0.15) is 10.4 Å². The Labute approximate surface area is 119 Å². The molecule has 0 saturated carbocycles. The highest BCUT2D eigenvalue weighted by Gasteiger charge is 2.12. The van der Waals surface area contributed by atoms with E-state index in [0.29, 0.717) is 10.9 Å². The van der Waals surface area contributed by atoms with Gasteiger partial charge in [0.1, 0.15) is 5.75 Å². The monoisotopic (exact) mass is 281 g/mol. The molecule has 2 aromatic carbocycles. The molecule has 0 fully saturated rings. The van der Waals surface area contributed by atoms with E-state index < -0.39 is 5.91 Å². The zero-order valence-electron chi connectivity index (χ0n) is 10.8. The zero-order chi connectivity index (χ0) is 14.8. The Hall–Kier alpha value is -3.15. The summed E-state index contributed by atoms with van der Waals surface area (Å²) in [5, 5.41) is 27.4. The summed E-state index contributed by atoms with van der Waals surface area (Å²) < 4.78 is 0. The predicted octanol–water partition coefficient (Wildman–Crippen LogP) is 3.50. The number of aromatic nitrogens is 1. The molecule has 21 heavy (non-hydrogen) atoms. The van der Waals surface area contributed by atoms with Crippen molar-refractivity contribution in [2.45, 2.75) is 0 Å². The number of nitrogens with zero attached hydrogens (tertiary/aromatic N) is 2. The Bertz CT molecular complexity index is 852. The van der Waals surface area contributed by atoms with Gasteiger partial charge in [-0.05, 0) is 18.2 Å². The third-order valence-electron chi connectivity index (χ3n) is 3.03. The molecule has 0 aliphatic rings. The summed E-state index contributed by atoms with van der Waals surface area (Å²) in [6, 6.07) is 13.2. The highest BCUT2D eigenvalue weighted by Crippen LogP contribution is 2.35. The summed E-state index contributed by atoms with van der Waals surface area (Å²) in [7, 11) is 0. The van der Waals surface area contributed by atoms with Gasteiger partial charge in [0.15, 0.2) is 5.69 Å². The third-order valence-corrected chi connectivity index (χ3v) is 3.03. The number of benzene rings is 2. The average molecular weight is 281 g/mol. The summed E-state index contributed by atoms with van der Waals surface area (Å²) >= 11 is 0. The molecule has 6 nitrogen and oxygen atoms in total. The molecule has 0 atom stereocenters. The molecule has 0 aliphatic carbocycles. The normalized spacial score (nSPS) is 11.2. The van der Waals surface area contributed by atoms with Gasteiger partial charge in [-0.15, -0.1) is 10.2 Å². The van der Waals surface area contributed by atoms with Crippen molar-refractivity contribution in [3.05, 3.63) is 54.1 Å². The van der Waals surface area contributed by atoms with E-state index in [4.69, 9.17) is 0 Å². The molecule has 0 aliphatic heterocycles. The number of aromatic hydroxyl groups is 2. The van der Waals surface area contributed by atoms with Crippen LogP contribution >= 0.6 is 0 Å². The summed E-state index contributed by atoms with van der Waals surface area (Å²) in [6.07, 6.45) is 0. The quantitative estimate of drug-likeness (QED) is 0.627. The van der Waals surface area contributed by atoms with E-state index in [2.05, 4.69) is 15.2 Å². The molecule has 1 aromatic heterocycles. The molecule has 0 spiro atoms. The van der Waals surface area contributed by atoms with Gasteiger partial charge in [-0.25, -0.2) is 0 Å². The van der Waals surface area contributed by atoms with Crippen LogP contribution in [0, 0.1) is 0 Å². The Balaban J connectivity index is 1.97. The van der Waals surface area contributed by atoms with Crippen molar-refractivity contribution < 1.29 is 15.0 Å². The molecule has 3 N–H and O–H groups in total. The summed E-state index contributed by atoms with van der Waals surface area (Å²) in [5.41, 5.74) is 0.939. The molecule has 0 unspecified atom stereocenters. The maximum atomic E-state index is 11.9. The average Bonchev–Trinajstić information content (AvgIpc) is 2.81. The lowest BCUT2D eigenvalue weighted by Crippen LogP contribution is -1.93. The predicted molar refractivity (Wildman–Crippen MR) is 76.9 cm³/mol. The topological polar surface area (TPSA) is 98.0 Å². The molecule has 1 heterocycles. The molecule has 0 radical (unpaired) electrons. The number of azo groups is 1. The fraction of sp³-hybridized carbons (Fsp3) is 0. The van der Waals surface area contributed by atoms with E-state index in [1.807, 2.05) is 6.07 Å². The minimum absolute atomic E-state index is 0.0561. The van der Waals surface area contributed by atoms with Crippen LogP contribution in [0.5, 0.6) is 11.6 Å². The number of hydrogen-bond donors (Lipinski definition) is 3. The first-order valence-corrected chi connectivity index (χ1v) is 6.20. The van der Waals surface area contributed by atoms with Crippen molar-refractivity contribution in [1.82, 2.24) is 4.98 Å². The first kappa shape index (κ1) is 12.9. The summed E-state index contributed by atoms with van der Waals surface area (Å²) in [6.45, 7) is 0. The van der Waals surface area contributed by atoms with Gasteiger partial charge in [-0.2, -0.15) is 0 Å². The Kier molecular flexibility index (Phi) is 3.12. The van der Waals surface area contributed by atoms with Crippen molar-refractivity contribution in [3.8, 4) is 11.6 Å². The van der Waals surface area contributed by atoms with Crippen LogP contribution in [-0.4, -0.2) is 21.1 Å². The number of para-hydroxylation sites is 2. The highest BCUT2D eigenvalue weighted by atomic mass is 16.3. The van der Waals surface area contributed by atoms with Gasteiger partial charge in [-0.3, -0.25) is 4.79 Å². The van der Waals surface area contributed by atoms with Crippen LogP contribution in [0.4, 0.5) is 5.69 Å². The SMILES string of the molecule is O=C(N=Nc1c(O)[nH]c2ccccc12)c1ccccc1O. The molecule has 6 heteroatoms. The number of phenolic OH excluding ortho intramolecular Hbond substituents is 1. The second-order valence-corrected chi connectivity index (χ2v) is 4.39. The minimum Gasteiger partial charge on any atom is -0.507 e. The first-order chi connectivity index (χ1) is 10.2. The van der Waals surface area contributed by atoms with Crippen molar-refractivity contribution in [2.75, 3.05) is 0 Å². The molecular weight excluding hydrogens is 270 g/mol. The molecule has 104 valence electrons. The van der Waals surface area contributed by atoms with Gasteiger partial charge >= 0.3 is 0 Å². The highest BCUT2D eigenvalue weighted by molar-refractivity contribution is 5.98. The van der Waals surface area contributed by atoms with E-state index >= 15 is 0 Å². The number of nitrogens with one attached hydrogen (secondary N) is 1. The molecule has 3 aromatic rings. The van der Waals surface area contributed by atoms with E-state index in [1.165, 1.54) is 12.1 Å². The van der Waals surface area contributed by atoms with Crippen LogP contribution in [0.15, 0.2) is 58.8 Å². The van der Waals surface area contributed by atoms with Crippen LogP contribution in [0.25, 0.3) is 10.9 Å². The van der Waals surface area contributed by atoms with Gasteiger partial charge in [0.05, 0.1) is 11.1 Å². The number of carbonyl (C=O) groups excluding carboxylic acids is 1. The number of rotatable bonds is 2. The number of carbonyl (C=O) groups is 1. The first-order valence-electron chi connectivity index (χ1n) is 6.20. The van der Waals surface area contributed by atoms with E-state index in [0.717, 1.165) is 0 Å². The fourth-order valence-corrected chi connectivity index (χ4v) is 2.02. The molecule has 0 bridgehead atoms. The van der Waals surface area contributed by atoms with Gasteiger partial charge in [0.25, 0.3) is 5.91 Å². The fourth-order valence-electron chi connectivity index (χ4n) is 2.02. The number of aromatic amines is 1. The van der Waals surface area contributed by atoms with E-state index in [9.17, 15) is 15.0 Å². The molecular formula is C15H11N3O3. The van der Waals surface area contributed by atoms with Crippen molar-refractivity contribution in [3.63, 3.8) is 0 Å². The third kappa shape index (κ3) is 2.34. The lowest BCUT2D eigenvalue weighted by atomic mass is 10.2. The van der Waals surface area contributed by atoms with Crippen molar-refractivity contribution in [2.24, 2.45) is 10.2 Å². The van der Waals surface area contributed by atoms with Crippen LogP contribution in [0.2, 0.25) is 0 Å². The Morgan fingerprint density at radius 1 is 1.00 bits per heavy atom. The molecule has 1 amide bonds. The largest absolute Gasteiger partial charge is 0.507 e. The maximum Gasteiger partial charge on any atom is 0.299 e. The molecule has 3 rings (SSSR count). The number of phenols is 1. The standard InChI is InChI=1S/C15H11N3O3/c19-12-8-4-2-6-10(12)14(20)18-17-13-9-5-1-3-7-11(9)16-15(13)21/h1-8,16,19,21H. The molecule has 0 saturated heterocycles. The van der Waals surface area contributed by atoms with Crippen LogP contribution in [0.3, 0.4) is 0 Å². The summed E-state index contributed by atoms with van der Waals surface area (Å²) in [4.78, 5) is 14.6.